The van der Waals surface area contributed by atoms with Crippen molar-refractivity contribution >= 4 is 17.6 Å². The molecule has 4 nitrogen and oxygen atoms in total. The number of halogens is 1. The number of nitrogens with zero attached hydrogens (tertiary/aromatic N) is 1. The third kappa shape index (κ3) is 6.03. The first kappa shape index (κ1) is 23.1. The summed E-state index contributed by atoms with van der Waals surface area (Å²) in [5.74, 6) is 0.819. The zero-order chi connectivity index (χ0) is 21.8. The highest BCUT2D eigenvalue weighted by Crippen LogP contribution is 2.40. The maximum absolute atomic E-state index is 11.4. The Balaban J connectivity index is 1.59. The van der Waals surface area contributed by atoms with Crippen LogP contribution in [0.2, 0.25) is 5.02 Å². The molecule has 1 N–H and O–H groups in total. The highest BCUT2D eigenvalue weighted by molar-refractivity contribution is 6.30. The summed E-state index contributed by atoms with van der Waals surface area (Å²) in [6.07, 6.45) is 12.5. The summed E-state index contributed by atoms with van der Waals surface area (Å²) >= 11 is 6.25. The van der Waals surface area contributed by atoms with Gasteiger partial charge in [-0.1, -0.05) is 43.4 Å². The molecule has 172 valence electrons. The number of hydrogen-bond acceptors (Lipinski definition) is 3. The summed E-state index contributed by atoms with van der Waals surface area (Å²) in [6, 6.07) is 6.37. The normalized spacial score (nSPS) is 27.9. The molecule has 1 saturated heterocycles. The number of aliphatic carboxylic acids is 1. The Bertz CT molecular complexity index is 724. The van der Waals surface area contributed by atoms with E-state index in [-0.39, 0.29) is 18.6 Å². The average molecular weight is 448 g/mol. The molecule has 3 unspecified atom stereocenters. The minimum Gasteiger partial charge on any atom is -0.481 e. The van der Waals surface area contributed by atoms with Gasteiger partial charge in [0.2, 0.25) is 0 Å². The van der Waals surface area contributed by atoms with Crippen molar-refractivity contribution in [2.45, 2.75) is 95.8 Å². The van der Waals surface area contributed by atoms with E-state index in [1.807, 2.05) is 12.1 Å². The molecule has 0 bridgehead atoms. The number of benzene rings is 1. The van der Waals surface area contributed by atoms with Gasteiger partial charge in [0.05, 0.1) is 18.6 Å². The molecule has 1 aromatic carbocycles. The lowest BCUT2D eigenvalue weighted by atomic mass is 9.88. The number of carboxylic acids is 1. The Morgan fingerprint density at radius 1 is 1.03 bits per heavy atom. The van der Waals surface area contributed by atoms with Gasteiger partial charge in [0.25, 0.3) is 0 Å². The minimum absolute atomic E-state index is 0.0844. The molecule has 0 amide bonds. The number of rotatable bonds is 8. The minimum atomic E-state index is -0.774. The fourth-order valence-electron chi connectivity index (χ4n) is 6.23. The molecule has 3 fully saturated rings. The molecule has 31 heavy (non-hydrogen) atoms. The molecular weight excluding hydrogens is 410 g/mol. The second kappa shape index (κ2) is 10.7. The van der Waals surface area contributed by atoms with Crippen LogP contribution in [0.1, 0.15) is 87.9 Å². The van der Waals surface area contributed by atoms with Crippen LogP contribution in [0.5, 0.6) is 0 Å². The standard InChI is InChI=1S/C26H38ClNO3/c1-18-14-21(27)10-12-23(18)26-24(13-11-22(31-26)15-25(29)30)28(16-19-6-2-3-7-19)17-20-8-4-5-9-20/h10,12,14,19-20,22,24,26H,2-9,11,13,15-17H2,1H3,(H,29,30). The highest BCUT2D eigenvalue weighted by atomic mass is 35.5. The van der Waals surface area contributed by atoms with Gasteiger partial charge in [-0.3, -0.25) is 9.69 Å². The second-order valence-electron chi connectivity index (χ2n) is 10.2. The van der Waals surface area contributed by atoms with Gasteiger partial charge in [0, 0.05) is 24.2 Å². The largest absolute Gasteiger partial charge is 0.481 e. The summed E-state index contributed by atoms with van der Waals surface area (Å²) in [4.78, 5) is 14.1. The van der Waals surface area contributed by atoms with E-state index in [9.17, 15) is 9.90 Å². The summed E-state index contributed by atoms with van der Waals surface area (Å²) in [6.45, 7) is 4.43. The fourth-order valence-corrected chi connectivity index (χ4v) is 6.45. The van der Waals surface area contributed by atoms with E-state index in [4.69, 9.17) is 16.3 Å². The van der Waals surface area contributed by atoms with Crippen molar-refractivity contribution in [2.24, 2.45) is 11.8 Å². The molecule has 4 rings (SSSR count). The molecule has 5 heteroatoms. The SMILES string of the molecule is Cc1cc(Cl)ccc1C1OC(CC(=O)O)CCC1N(CC1CCCC1)CC1CCCC1. The predicted molar refractivity (Wildman–Crippen MR) is 125 cm³/mol. The summed E-state index contributed by atoms with van der Waals surface area (Å²) in [7, 11) is 0. The number of aryl methyl sites for hydroxylation is 1. The van der Waals surface area contributed by atoms with Gasteiger partial charge >= 0.3 is 5.97 Å². The van der Waals surface area contributed by atoms with E-state index in [0.29, 0.717) is 6.04 Å². The Morgan fingerprint density at radius 3 is 2.19 bits per heavy atom. The predicted octanol–water partition coefficient (Wildman–Crippen LogP) is 6.39. The van der Waals surface area contributed by atoms with Gasteiger partial charge in [-0.15, -0.1) is 0 Å². The second-order valence-corrected chi connectivity index (χ2v) is 10.6. The van der Waals surface area contributed by atoms with Gasteiger partial charge in [-0.2, -0.15) is 0 Å². The lowest BCUT2D eigenvalue weighted by molar-refractivity contribution is -0.148. The summed E-state index contributed by atoms with van der Waals surface area (Å²) in [5, 5.41) is 10.1. The first-order chi connectivity index (χ1) is 15.0. The van der Waals surface area contributed by atoms with E-state index >= 15 is 0 Å². The zero-order valence-electron chi connectivity index (χ0n) is 18.9. The van der Waals surface area contributed by atoms with Crippen LogP contribution < -0.4 is 0 Å². The Hall–Kier alpha value is -1.10. The van der Waals surface area contributed by atoms with Crippen LogP contribution in [-0.4, -0.2) is 41.2 Å². The van der Waals surface area contributed by atoms with Gasteiger partial charge in [0.1, 0.15) is 0 Å². The zero-order valence-corrected chi connectivity index (χ0v) is 19.7. The number of hydrogen-bond donors (Lipinski definition) is 1. The van der Waals surface area contributed by atoms with Gasteiger partial charge in [-0.25, -0.2) is 0 Å². The van der Waals surface area contributed by atoms with Gasteiger partial charge in [-0.05, 0) is 80.5 Å². The van der Waals surface area contributed by atoms with Crippen LogP contribution in [0.25, 0.3) is 0 Å². The summed E-state index contributed by atoms with van der Waals surface area (Å²) in [5.41, 5.74) is 2.31. The van der Waals surface area contributed by atoms with Gasteiger partial charge in [0.15, 0.2) is 0 Å². The molecule has 0 radical (unpaired) electrons. The Morgan fingerprint density at radius 2 is 1.65 bits per heavy atom. The Labute approximate surface area is 192 Å². The van der Waals surface area contributed by atoms with E-state index in [0.717, 1.165) is 48.4 Å². The number of ether oxygens (including phenoxy) is 1. The molecule has 1 heterocycles. The third-order valence-corrected chi connectivity index (χ3v) is 8.05. The van der Waals surface area contributed by atoms with E-state index in [1.54, 1.807) is 0 Å². The lowest BCUT2D eigenvalue weighted by Crippen LogP contribution is -2.48. The molecule has 1 aromatic rings. The van der Waals surface area contributed by atoms with Crippen molar-refractivity contribution in [1.82, 2.24) is 4.90 Å². The molecule has 0 aromatic heterocycles. The topological polar surface area (TPSA) is 49.8 Å². The Kier molecular flexibility index (Phi) is 7.95. The van der Waals surface area contributed by atoms with Crippen molar-refractivity contribution in [3.05, 3.63) is 34.3 Å². The van der Waals surface area contributed by atoms with E-state index in [1.165, 1.54) is 56.9 Å². The number of carboxylic acid groups (broad SMARTS) is 1. The number of carbonyl (C=O) groups is 1. The van der Waals surface area contributed by atoms with Crippen molar-refractivity contribution in [3.63, 3.8) is 0 Å². The van der Waals surface area contributed by atoms with E-state index in [2.05, 4.69) is 17.9 Å². The van der Waals surface area contributed by atoms with Crippen LogP contribution in [-0.2, 0) is 9.53 Å². The highest BCUT2D eigenvalue weighted by Gasteiger charge is 2.39. The van der Waals surface area contributed by atoms with Crippen LogP contribution in [0, 0.1) is 18.8 Å². The molecule has 0 spiro atoms. The summed E-state index contributed by atoms with van der Waals surface area (Å²) < 4.78 is 6.56. The van der Waals surface area contributed by atoms with Crippen molar-refractivity contribution in [1.29, 1.82) is 0 Å². The fraction of sp³-hybridized carbons (Fsp3) is 0.731. The quantitative estimate of drug-likeness (QED) is 0.501. The molecule has 1 aliphatic heterocycles. The van der Waals surface area contributed by atoms with E-state index < -0.39 is 5.97 Å². The van der Waals surface area contributed by atoms with Crippen LogP contribution >= 0.6 is 11.6 Å². The smallest absolute Gasteiger partial charge is 0.305 e. The van der Waals surface area contributed by atoms with Gasteiger partial charge < -0.3 is 9.84 Å². The molecule has 3 atom stereocenters. The van der Waals surface area contributed by atoms with Crippen LogP contribution in [0.3, 0.4) is 0 Å². The first-order valence-corrected chi connectivity index (χ1v) is 12.7. The maximum atomic E-state index is 11.4. The third-order valence-electron chi connectivity index (χ3n) is 7.82. The van der Waals surface area contributed by atoms with Crippen LogP contribution in [0.4, 0.5) is 0 Å². The van der Waals surface area contributed by atoms with Crippen LogP contribution in [0.15, 0.2) is 18.2 Å². The first-order valence-electron chi connectivity index (χ1n) is 12.4. The van der Waals surface area contributed by atoms with Crippen molar-refractivity contribution in [2.75, 3.05) is 13.1 Å². The van der Waals surface area contributed by atoms with Crippen molar-refractivity contribution in [3.8, 4) is 0 Å². The molecular formula is C26H38ClNO3. The lowest BCUT2D eigenvalue weighted by Gasteiger charge is -2.44. The average Bonchev–Trinajstić information content (AvgIpc) is 3.41. The molecule has 3 aliphatic rings. The maximum Gasteiger partial charge on any atom is 0.305 e. The molecule has 2 saturated carbocycles. The monoisotopic (exact) mass is 447 g/mol. The van der Waals surface area contributed by atoms with Crippen molar-refractivity contribution < 1.29 is 14.6 Å². The molecule has 2 aliphatic carbocycles.